The van der Waals surface area contributed by atoms with Gasteiger partial charge in [0.15, 0.2) is 5.75 Å². The molecule has 22 heavy (non-hydrogen) atoms. The van der Waals surface area contributed by atoms with Gasteiger partial charge < -0.3 is 4.18 Å². The number of aromatic nitrogens is 1. The fraction of sp³-hybridized carbons (Fsp3) is 0.471. The highest BCUT2D eigenvalue weighted by atomic mass is 32.2. The zero-order valence-corrected chi connectivity index (χ0v) is 14.0. The second-order valence-electron chi connectivity index (χ2n) is 5.98. The summed E-state index contributed by atoms with van der Waals surface area (Å²) in [6, 6.07) is 3.22. The molecule has 1 aromatic heterocycles. The molecule has 0 fully saturated rings. The summed E-state index contributed by atoms with van der Waals surface area (Å²) in [5, 5.41) is 0. The minimum absolute atomic E-state index is 0.0441. The van der Waals surface area contributed by atoms with Gasteiger partial charge in [0.1, 0.15) is 4.91 Å². The van der Waals surface area contributed by atoms with Gasteiger partial charge in [-0.2, -0.15) is 8.42 Å². The minimum Gasteiger partial charge on any atom is -0.377 e. The van der Waals surface area contributed by atoms with Crippen molar-refractivity contribution < 1.29 is 12.6 Å². The Morgan fingerprint density at radius 1 is 1.36 bits per heavy atom. The average Bonchev–Trinajstić information content (AvgIpc) is 2.48. The quantitative estimate of drug-likeness (QED) is 0.557. The summed E-state index contributed by atoms with van der Waals surface area (Å²) in [7, 11) is -3.78. The zero-order chi connectivity index (χ0) is 16.1. The Bertz CT molecular complexity index is 650. The van der Waals surface area contributed by atoms with Gasteiger partial charge in [-0.1, -0.05) is 45.3 Å². The molecular formula is C17H23NO3S. The molecule has 0 N–H and O–H groups in total. The van der Waals surface area contributed by atoms with Crippen LogP contribution in [-0.2, 0) is 10.1 Å². The van der Waals surface area contributed by atoms with Crippen LogP contribution >= 0.6 is 0 Å². The Hall–Kier alpha value is -1.62. The van der Waals surface area contributed by atoms with Crippen LogP contribution < -0.4 is 4.18 Å². The summed E-state index contributed by atoms with van der Waals surface area (Å²) in [4.78, 5) is 4.08. The lowest BCUT2D eigenvalue weighted by Crippen LogP contribution is -2.19. The van der Waals surface area contributed by atoms with E-state index in [4.69, 9.17) is 4.18 Å². The maximum absolute atomic E-state index is 12.3. The molecule has 1 unspecified atom stereocenters. The maximum Gasteiger partial charge on any atom is 0.338 e. The molecule has 0 amide bonds. The molecule has 4 nitrogen and oxygen atoms in total. The van der Waals surface area contributed by atoms with E-state index >= 15 is 0 Å². The van der Waals surface area contributed by atoms with E-state index in [1.807, 2.05) is 6.08 Å². The van der Waals surface area contributed by atoms with Gasteiger partial charge in [0, 0.05) is 6.20 Å². The van der Waals surface area contributed by atoms with Crippen LogP contribution in [0.4, 0.5) is 0 Å². The van der Waals surface area contributed by atoms with Crippen molar-refractivity contribution in [2.24, 2.45) is 5.41 Å². The Morgan fingerprint density at radius 2 is 2.18 bits per heavy atom. The first-order valence-electron chi connectivity index (χ1n) is 7.69. The third-order valence-electron chi connectivity index (χ3n) is 3.90. The van der Waals surface area contributed by atoms with Gasteiger partial charge in [0.25, 0.3) is 0 Å². The smallest absolute Gasteiger partial charge is 0.338 e. The summed E-state index contributed by atoms with van der Waals surface area (Å²) in [6.07, 6.45) is 13.8. The fourth-order valence-corrected chi connectivity index (χ4v) is 3.44. The number of pyridine rings is 1. The van der Waals surface area contributed by atoms with Gasteiger partial charge in [0.2, 0.25) is 0 Å². The molecule has 0 saturated carbocycles. The van der Waals surface area contributed by atoms with E-state index in [0.717, 1.165) is 12.8 Å². The second kappa shape index (κ2) is 7.09. The lowest BCUT2D eigenvalue weighted by atomic mass is 9.79. The third-order valence-corrected chi connectivity index (χ3v) is 5.19. The van der Waals surface area contributed by atoms with Crippen LogP contribution in [0.25, 0.3) is 0 Å². The van der Waals surface area contributed by atoms with Crippen molar-refractivity contribution in [3.63, 3.8) is 0 Å². The van der Waals surface area contributed by atoms with Crippen LogP contribution in [0.3, 0.4) is 0 Å². The molecule has 1 aromatic rings. The Kier molecular flexibility index (Phi) is 5.40. The lowest BCUT2D eigenvalue weighted by molar-refractivity contribution is 0.373. The van der Waals surface area contributed by atoms with Crippen LogP contribution in [0.2, 0.25) is 0 Å². The Balaban J connectivity index is 2.02. The molecule has 1 heterocycles. The van der Waals surface area contributed by atoms with E-state index in [1.165, 1.54) is 25.5 Å². The van der Waals surface area contributed by atoms with E-state index in [2.05, 4.69) is 18.8 Å². The van der Waals surface area contributed by atoms with Crippen molar-refractivity contribution in [3.05, 3.63) is 47.7 Å². The van der Waals surface area contributed by atoms with Gasteiger partial charge in [0.05, 0.1) is 6.20 Å². The van der Waals surface area contributed by atoms with Crippen molar-refractivity contribution in [3.8, 4) is 5.75 Å². The maximum atomic E-state index is 12.3. The number of nitrogens with zero attached hydrogens (tertiary/aromatic N) is 1. The predicted molar refractivity (Wildman–Crippen MR) is 87.9 cm³/mol. The van der Waals surface area contributed by atoms with Crippen molar-refractivity contribution in [1.29, 1.82) is 0 Å². The largest absolute Gasteiger partial charge is 0.377 e. The minimum atomic E-state index is -3.78. The molecule has 5 heteroatoms. The molecule has 0 saturated heterocycles. The van der Waals surface area contributed by atoms with Gasteiger partial charge in [-0.05, 0) is 36.5 Å². The average molecular weight is 321 g/mol. The molecule has 1 aliphatic carbocycles. The van der Waals surface area contributed by atoms with Crippen LogP contribution in [0.15, 0.2) is 47.7 Å². The number of rotatable bonds is 7. The highest BCUT2D eigenvalue weighted by molar-refractivity contribution is 7.91. The third kappa shape index (κ3) is 4.44. The number of hydrogen-bond donors (Lipinski definition) is 0. The summed E-state index contributed by atoms with van der Waals surface area (Å²) in [5.74, 6) is 0.230. The standard InChI is InChI=1S/C17H23NO3S/c1-3-4-5-10-17(2)11-8-16(9-12-17)22(19,20)21-15-7-6-13-18-14-15/h6-9,11,13-14H,3-5,10,12H2,1-2H3. The number of hydrogen-bond acceptors (Lipinski definition) is 4. The first-order valence-corrected chi connectivity index (χ1v) is 9.10. The van der Waals surface area contributed by atoms with E-state index in [9.17, 15) is 8.42 Å². The molecule has 1 atom stereocenters. The second-order valence-corrected chi connectivity index (χ2v) is 7.53. The molecule has 0 radical (unpaired) electrons. The van der Waals surface area contributed by atoms with Crippen molar-refractivity contribution >= 4 is 10.1 Å². The van der Waals surface area contributed by atoms with Crippen molar-refractivity contribution in [2.75, 3.05) is 0 Å². The van der Waals surface area contributed by atoms with Crippen LogP contribution in [0.1, 0.15) is 46.0 Å². The van der Waals surface area contributed by atoms with Crippen molar-refractivity contribution in [2.45, 2.75) is 46.0 Å². The monoisotopic (exact) mass is 321 g/mol. The fourth-order valence-electron chi connectivity index (χ4n) is 2.47. The Labute approximate surface area is 133 Å². The zero-order valence-electron chi connectivity index (χ0n) is 13.2. The molecule has 0 spiro atoms. The van der Waals surface area contributed by atoms with Crippen LogP contribution in [0.5, 0.6) is 5.75 Å². The molecule has 0 aromatic carbocycles. The van der Waals surface area contributed by atoms with Crippen LogP contribution in [-0.4, -0.2) is 13.4 Å². The van der Waals surface area contributed by atoms with Gasteiger partial charge in [-0.15, -0.1) is 0 Å². The van der Waals surface area contributed by atoms with E-state index < -0.39 is 10.1 Å². The molecular weight excluding hydrogens is 298 g/mol. The first-order chi connectivity index (χ1) is 10.5. The molecule has 2 rings (SSSR count). The van der Waals surface area contributed by atoms with Gasteiger partial charge >= 0.3 is 10.1 Å². The highest BCUT2D eigenvalue weighted by Crippen LogP contribution is 2.36. The molecule has 0 aliphatic heterocycles. The highest BCUT2D eigenvalue weighted by Gasteiger charge is 2.27. The van der Waals surface area contributed by atoms with E-state index in [1.54, 1.807) is 30.5 Å². The molecule has 0 bridgehead atoms. The summed E-state index contributed by atoms with van der Waals surface area (Å²) < 4.78 is 29.6. The number of allylic oxidation sites excluding steroid dienone is 3. The lowest BCUT2D eigenvalue weighted by Gasteiger charge is -2.27. The summed E-state index contributed by atoms with van der Waals surface area (Å²) in [5.41, 5.74) is 0.0441. The van der Waals surface area contributed by atoms with E-state index in [0.29, 0.717) is 0 Å². The summed E-state index contributed by atoms with van der Waals surface area (Å²) in [6.45, 7) is 4.35. The SMILES string of the molecule is CCCCCC1(C)C=CC(S(=O)(=O)Oc2cccnc2)=CC1. The van der Waals surface area contributed by atoms with Gasteiger partial charge in [-0.3, -0.25) is 4.98 Å². The Morgan fingerprint density at radius 3 is 2.77 bits per heavy atom. The van der Waals surface area contributed by atoms with E-state index in [-0.39, 0.29) is 16.1 Å². The molecule has 1 aliphatic rings. The van der Waals surface area contributed by atoms with Crippen LogP contribution in [0, 0.1) is 5.41 Å². The first kappa shape index (κ1) is 16.7. The topological polar surface area (TPSA) is 56.3 Å². The predicted octanol–water partition coefficient (Wildman–Crippen LogP) is 4.22. The summed E-state index contributed by atoms with van der Waals surface area (Å²) >= 11 is 0. The normalized spacial score (nSPS) is 21.5. The molecule has 120 valence electrons. The number of unbranched alkanes of at least 4 members (excludes halogenated alkanes) is 2. The van der Waals surface area contributed by atoms with Crippen molar-refractivity contribution in [1.82, 2.24) is 4.98 Å². The van der Waals surface area contributed by atoms with Gasteiger partial charge in [-0.25, -0.2) is 0 Å².